The first-order chi connectivity index (χ1) is 9.30. The van der Waals surface area contributed by atoms with Crippen LogP contribution in [0.5, 0.6) is 0 Å². The fourth-order valence-corrected chi connectivity index (χ4v) is 3.91. The van der Waals surface area contributed by atoms with Gasteiger partial charge in [0.05, 0.1) is 6.10 Å². The van der Waals surface area contributed by atoms with Gasteiger partial charge in [-0.25, -0.2) is 0 Å². The van der Waals surface area contributed by atoms with Crippen LogP contribution in [0.25, 0.3) is 0 Å². The fraction of sp³-hybridized carbons (Fsp3) is 0.647. The third kappa shape index (κ3) is 3.10. The summed E-state index contributed by atoms with van der Waals surface area (Å²) >= 11 is 3.59. The summed E-state index contributed by atoms with van der Waals surface area (Å²) in [4.78, 5) is 0. The second-order valence-corrected chi connectivity index (χ2v) is 8.01. The molecule has 2 nitrogen and oxygen atoms in total. The maximum Gasteiger partial charge on any atom is 0.0869 e. The summed E-state index contributed by atoms with van der Waals surface area (Å²) in [7, 11) is 0. The van der Waals surface area contributed by atoms with Crippen LogP contribution in [-0.4, -0.2) is 11.7 Å². The van der Waals surface area contributed by atoms with Gasteiger partial charge in [-0.05, 0) is 55.2 Å². The highest BCUT2D eigenvalue weighted by atomic mass is 79.9. The summed E-state index contributed by atoms with van der Waals surface area (Å²) in [5, 5.41) is 10.9. The molecule has 1 unspecified atom stereocenters. The second kappa shape index (κ2) is 5.78. The lowest BCUT2D eigenvalue weighted by Crippen LogP contribution is -2.42. The zero-order valence-electron chi connectivity index (χ0n) is 12.7. The standard InChI is InChI=1S/C17H26BrNO/c1-12-4-5-13(14(18)10-12)15(20)17(11-19)8-6-16(2,3)7-9-17/h4-5,10,15,20H,6-9,11,19H2,1-3H3. The van der Waals surface area contributed by atoms with E-state index in [1.54, 1.807) is 0 Å². The van der Waals surface area contributed by atoms with Gasteiger partial charge in [-0.1, -0.05) is 41.9 Å². The van der Waals surface area contributed by atoms with Crippen LogP contribution in [0.1, 0.15) is 56.8 Å². The number of aliphatic hydroxyl groups is 1. The molecule has 0 aliphatic heterocycles. The molecule has 1 saturated carbocycles. The molecular weight excluding hydrogens is 314 g/mol. The van der Waals surface area contributed by atoms with E-state index in [4.69, 9.17) is 5.73 Å². The van der Waals surface area contributed by atoms with E-state index in [0.29, 0.717) is 12.0 Å². The second-order valence-electron chi connectivity index (χ2n) is 7.16. The molecule has 2 rings (SSSR count). The largest absolute Gasteiger partial charge is 0.388 e. The van der Waals surface area contributed by atoms with E-state index in [0.717, 1.165) is 35.7 Å². The smallest absolute Gasteiger partial charge is 0.0869 e. The number of nitrogens with two attached hydrogens (primary N) is 1. The summed E-state index contributed by atoms with van der Waals surface area (Å²) in [6.45, 7) is 7.22. The third-order valence-electron chi connectivity index (χ3n) is 5.04. The number of hydrogen-bond acceptors (Lipinski definition) is 2. The van der Waals surface area contributed by atoms with Crippen LogP contribution in [0.15, 0.2) is 22.7 Å². The van der Waals surface area contributed by atoms with Crippen molar-refractivity contribution in [3.05, 3.63) is 33.8 Å². The van der Waals surface area contributed by atoms with Gasteiger partial charge in [0.15, 0.2) is 0 Å². The van der Waals surface area contributed by atoms with Crippen LogP contribution < -0.4 is 5.73 Å². The fourth-order valence-electron chi connectivity index (χ4n) is 3.20. The SMILES string of the molecule is Cc1ccc(C(O)C2(CN)CCC(C)(C)CC2)c(Br)c1. The topological polar surface area (TPSA) is 46.2 Å². The molecule has 0 radical (unpaired) electrons. The molecule has 20 heavy (non-hydrogen) atoms. The molecule has 112 valence electrons. The highest BCUT2D eigenvalue weighted by Crippen LogP contribution is 2.51. The lowest BCUT2D eigenvalue weighted by atomic mass is 9.62. The van der Waals surface area contributed by atoms with Crippen molar-refractivity contribution >= 4 is 15.9 Å². The Morgan fingerprint density at radius 3 is 2.35 bits per heavy atom. The van der Waals surface area contributed by atoms with Gasteiger partial charge in [0.1, 0.15) is 0 Å². The zero-order valence-corrected chi connectivity index (χ0v) is 14.3. The highest BCUT2D eigenvalue weighted by Gasteiger charge is 2.43. The molecule has 0 amide bonds. The van der Waals surface area contributed by atoms with Gasteiger partial charge in [-0.15, -0.1) is 0 Å². The van der Waals surface area contributed by atoms with Crippen molar-refractivity contribution in [2.24, 2.45) is 16.6 Å². The molecule has 0 aromatic heterocycles. The molecule has 3 heteroatoms. The molecule has 0 saturated heterocycles. The number of aliphatic hydroxyl groups excluding tert-OH is 1. The molecule has 0 bridgehead atoms. The van der Waals surface area contributed by atoms with E-state index in [1.165, 1.54) is 5.56 Å². The van der Waals surface area contributed by atoms with Crippen molar-refractivity contribution in [1.29, 1.82) is 0 Å². The van der Waals surface area contributed by atoms with Crippen LogP contribution in [0.2, 0.25) is 0 Å². The Balaban J connectivity index is 2.27. The van der Waals surface area contributed by atoms with E-state index >= 15 is 0 Å². The van der Waals surface area contributed by atoms with Gasteiger partial charge in [-0.2, -0.15) is 0 Å². The Morgan fingerprint density at radius 2 is 1.85 bits per heavy atom. The Labute approximate surface area is 130 Å². The van der Waals surface area contributed by atoms with Crippen LogP contribution in [0.3, 0.4) is 0 Å². The number of aryl methyl sites for hydroxylation is 1. The van der Waals surface area contributed by atoms with Gasteiger partial charge in [-0.3, -0.25) is 0 Å². The Kier molecular flexibility index (Phi) is 4.63. The van der Waals surface area contributed by atoms with Crippen LogP contribution in [0.4, 0.5) is 0 Å². The Hall–Kier alpha value is -0.380. The average Bonchev–Trinajstić information content (AvgIpc) is 2.39. The molecule has 1 aliphatic carbocycles. The summed E-state index contributed by atoms with van der Waals surface area (Å²) in [5.74, 6) is 0. The lowest BCUT2D eigenvalue weighted by Gasteiger charge is -2.46. The number of rotatable bonds is 3. The maximum absolute atomic E-state index is 10.9. The molecule has 1 aromatic rings. The van der Waals surface area contributed by atoms with E-state index in [-0.39, 0.29) is 5.41 Å². The monoisotopic (exact) mass is 339 g/mol. The molecule has 1 atom stereocenters. The zero-order chi connectivity index (χ0) is 15.0. The molecule has 3 N–H and O–H groups in total. The predicted molar refractivity (Wildman–Crippen MR) is 87.6 cm³/mol. The van der Waals surface area contributed by atoms with Crippen molar-refractivity contribution in [3.63, 3.8) is 0 Å². The van der Waals surface area contributed by atoms with Gasteiger partial charge in [0, 0.05) is 16.4 Å². The van der Waals surface area contributed by atoms with Crippen molar-refractivity contribution in [2.45, 2.75) is 52.6 Å². The summed E-state index contributed by atoms with van der Waals surface area (Å²) in [5.41, 5.74) is 8.44. The van der Waals surface area contributed by atoms with Gasteiger partial charge < -0.3 is 10.8 Å². The van der Waals surface area contributed by atoms with Gasteiger partial charge in [0.25, 0.3) is 0 Å². The van der Waals surface area contributed by atoms with Crippen molar-refractivity contribution in [2.75, 3.05) is 6.54 Å². The predicted octanol–water partition coefficient (Wildman–Crippen LogP) is 4.34. The lowest BCUT2D eigenvalue weighted by molar-refractivity contribution is -0.0239. The van der Waals surface area contributed by atoms with E-state index in [1.807, 2.05) is 6.07 Å². The first-order valence-corrected chi connectivity index (χ1v) is 8.23. The minimum Gasteiger partial charge on any atom is -0.388 e. The van der Waals surface area contributed by atoms with Crippen molar-refractivity contribution in [1.82, 2.24) is 0 Å². The first-order valence-electron chi connectivity index (χ1n) is 7.44. The molecule has 1 fully saturated rings. The van der Waals surface area contributed by atoms with Crippen molar-refractivity contribution in [3.8, 4) is 0 Å². The minimum atomic E-state index is -0.487. The normalized spacial score (nSPS) is 22.5. The van der Waals surface area contributed by atoms with Crippen LogP contribution in [-0.2, 0) is 0 Å². The summed E-state index contributed by atoms with van der Waals surface area (Å²) in [6, 6.07) is 6.15. The number of benzene rings is 1. The van der Waals surface area contributed by atoms with Crippen LogP contribution in [0, 0.1) is 17.8 Å². The van der Waals surface area contributed by atoms with E-state index in [9.17, 15) is 5.11 Å². The van der Waals surface area contributed by atoms with Crippen molar-refractivity contribution < 1.29 is 5.11 Å². The summed E-state index contributed by atoms with van der Waals surface area (Å²) < 4.78 is 0.989. The molecule has 1 aliphatic rings. The Bertz CT molecular complexity index is 474. The van der Waals surface area contributed by atoms with Gasteiger partial charge >= 0.3 is 0 Å². The average molecular weight is 340 g/mol. The van der Waals surface area contributed by atoms with E-state index in [2.05, 4.69) is 48.8 Å². The molecule has 1 aromatic carbocycles. The van der Waals surface area contributed by atoms with Gasteiger partial charge in [0.2, 0.25) is 0 Å². The van der Waals surface area contributed by atoms with Crippen LogP contribution >= 0.6 is 15.9 Å². The molecule has 0 heterocycles. The highest BCUT2D eigenvalue weighted by molar-refractivity contribution is 9.10. The quantitative estimate of drug-likeness (QED) is 0.860. The molecule has 0 spiro atoms. The number of halogens is 1. The Morgan fingerprint density at radius 1 is 1.25 bits per heavy atom. The molecular formula is C17H26BrNO. The summed E-state index contributed by atoms with van der Waals surface area (Å²) in [6.07, 6.45) is 3.77. The minimum absolute atomic E-state index is 0.173. The van der Waals surface area contributed by atoms with E-state index < -0.39 is 6.10 Å². The maximum atomic E-state index is 10.9. The third-order valence-corrected chi connectivity index (χ3v) is 5.72. The number of hydrogen-bond donors (Lipinski definition) is 2. The first kappa shape index (κ1) is 16.0.